The normalized spacial score (nSPS) is 25.5. The maximum atomic E-state index is 5.62. The maximum absolute atomic E-state index is 5.62. The van der Waals surface area contributed by atoms with Crippen LogP contribution in [0.4, 0.5) is 5.69 Å². The van der Waals surface area contributed by atoms with Gasteiger partial charge in [-0.15, -0.1) is 0 Å². The van der Waals surface area contributed by atoms with Crippen LogP contribution in [0.3, 0.4) is 0 Å². The minimum atomic E-state index is 0.666. The smallest absolute Gasteiger partial charge is 0.0543 e. The number of hydrogen-bond donors (Lipinski definition) is 2. The molecular weight excluding hydrogens is 210 g/mol. The highest BCUT2D eigenvalue weighted by Crippen LogP contribution is 2.22. The number of hydrogen-bond acceptors (Lipinski definition) is 3. The van der Waals surface area contributed by atoms with Gasteiger partial charge in [-0.2, -0.15) is 0 Å². The Morgan fingerprint density at radius 1 is 1.29 bits per heavy atom. The zero-order chi connectivity index (χ0) is 12.1. The van der Waals surface area contributed by atoms with Gasteiger partial charge in [-0.3, -0.25) is 4.98 Å². The first-order valence-corrected chi connectivity index (χ1v) is 6.68. The first kappa shape index (κ1) is 12.4. The molecule has 1 aliphatic rings. The van der Waals surface area contributed by atoms with Crippen molar-refractivity contribution in [3.8, 4) is 0 Å². The lowest BCUT2D eigenvalue weighted by Gasteiger charge is -2.16. The van der Waals surface area contributed by atoms with Gasteiger partial charge in [0.05, 0.1) is 17.6 Å². The molecule has 3 heteroatoms. The summed E-state index contributed by atoms with van der Waals surface area (Å²) in [5, 5.41) is 3.61. The first-order valence-electron chi connectivity index (χ1n) is 6.68. The molecule has 1 aliphatic carbocycles. The number of pyridine rings is 1. The number of nitrogen functional groups attached to an aromatic ring is 1. The van der Waals surface area contributed by atoms with E-state index in [-0.39, 0.29) is 0 Å². The summed E-state index contributed by atoms with van der Waals surface area (Å²) >= 11 is 0. The van der Waals surface area contributed by atoms with E-state index in [0.29, 0.717) is 6.04 Å². The van der Waals surface area contributed by atoms with Crippen LogP contribution in [0.25, 0.3) is 0 Å². The molecule has 0 spiro atoms. The van der Waals surface area contributed by atoms with E-state index in [1.807, 2.05) is 12.1 Å². The molecule has 1 aromatic heterocycles. The van der Waals surface area contributed by atoms with Crippen LogP contribution in [0.1, 0.15) is 44.7 Å². The van der Waals surface area contributed by atoms with E-state index in [4.69, 9.17) is 5.73 Å². The second kappa shape index (κ2) is 6.01. The quantitative estimate of drug-likeness (QED) is 0.789. The number of anilines is 1. The van der Waals surface area contributed by atoms with Crippen LogP contribution in [-0.4, -0.2) is 11.0 Å². The number of aromatic nitrogens is 1. The van der Waals surface area contributed by atoms with Gasteiger partial charge in [0.25, 0.3) is 0 Å². The summed E-state index contributed by atoms with van der Waals surface area (Å²) in [6.45, 7) is 3.23. The highest BCUT2D eigenvalue weighted by Gasteiger charge is 2.15. The lowest BCUT2D eigenvalue weighted by atomic mass is 10.0. The van der Waals surface area contributed by atoms with E-state index >= 15 is 0 Å². The summed E-state index contributed by atoms with van der Waals surface area (Å²) in [5.74, 6) is 0.899. The van der Waals surface area contributed by atoms with E-state index in [2.05, 4.69) is 17.2 Å². The van der Waals surface area contributed by atoms with Crippen LogP contribution in [-0.2, 0) is 6.54 Å². The average molecular weight is 233 g/mol. The van der Waals surface area contributed by atoms with Gasteiger partial charge in [0, 0.05) is 12.6 Å². The molecule has 0 aromatic carbocycles. The van der Waals surface area contributed by atoms with Crippen LogP contribution in [0, 0.1) is 5.92 Å². The molecule has 2 unspecified atom stereocenters. The molecule has 3 nitrogen and oxygen atoms in total. The topological polar surface area (TPSA) is 50.9 Å². The number of nitrogens with two attached hydrogens (primary N) is 1. The Labute approximate surface area is 104 Å². The van der Waals surface area contributed by atoms with E-state index < -0.39 is 0 Å². The SMILES string of the molecule is CC1CCCC(NCc2ccc(N)cn2)CC1. The summed E-state index contributed by atoms with van der Waals surface area (Å²) in [5.41, 5.74) is 7.43. The Kier molecular flexibility index (Phi) is 4.37. The van der Waals surface area contributed by atoms with E-state index in [0.717, 1.165) is 23.8 Å². The second-order valence-electron chi connectivity index (χ2n) is 5.27. The van der Waals surface area contributed by atoms with Gasteiger partial charge in [0.1, 0.15) is 0 Å². The van der Waals surface area contributed by atoms with Crippen molar-refractivity contribution in [2.75, 3.05) is 5.73 Å². The molecule has 2 rings (SSSR count). The highest BCUT2D eigenvalue weighted by molar-refractivity contribution is 5.34. The summed E-state index contributed by atoms with van der Waals surface area (Å²) < 4.78 is 0. The fraction of sp³-hybridized carbons (Fsp3) is 0.643. The Balaban J connectivity index is 1.79. The maximum Gasteiger partial charge on any atom is 0.0543 e. The molecule has 0 saturated heterocycles. The Bertz CT molecular complexity index is 334. The predicted molar refractivity (Wildman–Crippen MR) is 71.5 cm³/mol. The lowest BCUT2D eigenvalue weighted by Crippen LogP contribution is -2.28. The van der Waals surface area contributed by atoms with Crippen LogP contribution in [0.15, 0.2) is 18.3 Å². The monoisotopic (exact) mass is 233 g/mol. The third kappa shape index (κ3) is 4.00. The minimum Gasteiger partial charge on any atom is -0.397 e. The van der Waals surface area contributed by atoms with Gasteiger partial charge in [0.15, 0.2) is 0 Å². The third-order valence-electron chi connectivity index (χ3n) is 3.68. The first-order chi connectivity index (χ1) is 8.24. The van der Waals surface area contributed by atoms with Crippen LogP contribution in [0.2, 0.25) is 0 Å². The van der Waals surface area contributed by atoms with Gasteiger partial charge in [-0.1, -0.05) is 19.8 Å². The summed E-state index contributed by atoms with van der Waals surface area (Å²) in [6.07, 6.45) is 8.43. The highest BCUT2D eigenvalue weighted by atomic mass is 14.9. The largest absolute Gasteiger partial charge is 0.397 e. The molecule has 1 heterocycles. The van der Waals surface area contributed by atoms with Gasteiger partial charge in [0.2, 0.25) is 0 Å². The van der Waals surface area contributed by atoms with Gasteiger partial charge in [-0.25, -0.2) is 0 Å². The molecule has 17 heavy (non-hydrogen) atoms. The molecule has 94 valence electrons. The standard InChI is InChI=1S/C14H23N3/c1-11-3-2-4-13(7-5-11)17-10-14-8-6-12(15)9-16-14/h6,8-9,11,13,17H,2-5,7,10,15H2,1H3. The Morgan fingerprint density at radius 2 is 2.18 bits per heavy atom. The van der Waals surface area contributed by atoms with Crippen molar-refractivity contribution in [3.63, 3.8) is 0 Å². The van der Waals surface area contributed by atoms with Crippen molar-refractivity contribution in [3.05, 3.63) is 24.0 Å². The molecule has 0 aliphatic heterocycles. The Morgan fingerprint density at radius 3 is 2.94 bits per heavy atom. The Hall–Kier alpha value is -1.09. The van der Waals surface area contributed by atoms with Crippen molar-refractivity contribution in [2.45, 2.75) is 51.6 Å². The van der Waals surface area contributed by atoms with Crippen LogP contribution in [0.5, 0.6) is 0 Å². The van der Waals surface area contributed by atoms with E-state index in [1.54, 1.807) is 6.20 Å². The number of nitrogens with zero attached hydrogens (tertiary/aromatic N) is 1. The fourth-order valence-electron chi connectivity index (χ4n) is 2.48. The third-order valence-corrected chi connectivity index (χ3v) is 3.68. The molecule has 1 aromatic rings. The van der Waals surface area contributed by atoms with E-state index in [1.165, 1.54) is 32.1 Å². The number of nitrogens with one attached hydrogen (secondary N) is 1. The van der Waals surface area contributed by atoms with Crippen molar-refractivity contribution in [1.29, 1.82) is 0 Å². The second-order valence-corrected chi connectivity index (χ2v) is 5.27. The van der Waals surface area contributed by atoms with Crippen LogP contribution >= 0.6 is 0 Å². The molecular formula is C14H23N3. The van der Waals surface area contributed by atoms with Crippen molar-refractivity contribution >= 4 is 5.69 Å². The zero-order valence-corrected chi connectivity index (χ0v) is 10.7. The van der Waals surface area contributed by atoms with Gasteiger partial charge < -0.3 is 11.1 Å². The summed E-state index contributed by atoms with van der Waals surface area (Å²) in [7, 11) is 0. The summed E-state index contributed by atoms with van der Waals surface area (Å²) in [6, 6.07) is 4.58. The molecule has 0 amide bonds. The van der Waals surface area contributed by atoms with Gasteiger partial charge >= 0.3 is 0 Å². The predicted octanol–water partition coefficient (Wildman–Crippen LogP) is 2.72. The van der Waals surface area contributed by atoms with Crippen LogP contribution < -0.4 is 11.1 Å². The van der Waals surface area contributed by atoms with Gasteiger partial charge in [-0.05, 0) is 37.3 Å². The lowest BCUT2D eigenvalue weighted by molar-refractivity contribution is 0.445. The minimum absolute atomic E-state index is 0.666. The molecule has 1 saturated carbocycles. The molecule has 0 bridgehead atoms. The summed E-state index contributed by atoms with van der Waals surface area (Å²) in [4.78, 5) is 4.31. The van der Waals surface area contributed by atoms with Crippen molar-refractivity contribution in [2.24, 2.45) is 5.92 Å². The average Bonchev–Trinajstić information content (AvgIpc) is 2.54. The molecule has 3 N–H and O–H groups in total. The molecule has 0 radical (unpaired) electrons. The molecule has 1 fully saturated rings. The van der Waals surface area contributed by atoms with E-state index in [9.17, 15) is 0 Å². The number of rotatable bonds is 3. The zero-order valence-electron chi connectivity index (χ0n) is 10.7. The fourth-order valence-corrected chi connectivity index (χ4v) is 2.48. The van der Waals surface area contributed by atoms with Crippen molar-refractivity contribution in [1.82, 2.24) is 10.3 Å². The van der Waals surface area contributed by atoms with Crippen molar-refractivity contribution < 1.29 is 0 Å². The molecule has 2 atom stereocenters.